The lowest BCUT2D eigenvalue weighted by Gasteiger charge is -2.19. The Balaban J connectivity index is 2.19. The first-order valence-corrected chi connectivity index (χ1v) is 8.01. The molecule has 0 aliphatic rings. The molecule has 0 atom stereocenters. The monoisotopic (exact) mass is 401 g/mol. The third-order valence-corrected chi connectivity index (χ3v) is 4.66. The van der Waals surface area contributed by atoms with E-state index in [2.05, 4.69) is 15.9 Å². The van der Waals surface area contributed by atoms with Gasteiger partial charge in [-0.2, -0.15) is 0 Å². The maximum absolute atomic E-state index is 12.5. The Morgan fingerprint density at radius 1 is 1.27 bits per heavy atom. The second-order valence-electron chi connectivity index (χ2n) is 4.72. The number of ether oxygens (including phenoxy) is 1. The van der Waals surface area contributed by atoms with Crippen LogP contribution in [0.3, 0.4) is 0 Å². The van der Waals surface area contributed by atoms with Gasteiger partial charge in [0.15, 0.2) is 0 Å². The fraction of sp³-hybridized carbons (Fsp3) is 0.188. The van der Waals surface area contributed by atoms with Crippen molar-refractivity contribution < 1.29 is 9.53 Å². The Morgan fingerprint density at radius 2 is 2.00 bits per heavy atom. The lowest BCUT2D eigenvalue weighted by Crippen LogP contribution is -2.26. The molecule has 3 nitrogen and oxygen atoms in total. The van der Waals surface area contributed by atoms with E-state index in [0.29, 0.717) is 27.9 Å². The van der Waals surface area contributed by atoms with E-state index in [9.17, 15) is 4.79 Å². The number of benzene rings is 2. The highest BCUT2D eigenvalue weighted by Crippen LogP contribution is 2.28. The third-order valence-electron chi connectivity index (χ3n) is 3.18. The number of hydrogen-bond acceptors (Lipinski definition) is 2. The molecule has 2 rings (SSSR count). The van der Waals surface area contributed by atoms with E-state index in [4.69, 9.17) is 27.9 Å². The Kier molecular flexibility index (Phi) is 5.73. The summed E-state index contributed by atoms with van der Waals surface area (Å²) in [6, 6.07) is 10.6. The summed E-state index contributed by atoms with van der Waals surface area (Å²) < 4.78 is 5.89. The van der Waals surface area contributed by atoms with Crippen molar-refractivity contribution in [2.45, 2.75) is 6.54 Å². The topological polar surface area (TPSA) is 29.5 Å². The van der Waals surface area contributed by atoms with Crippen LogP contribution in [0.4, 0.5) is 0 Å². The van der Waals surface area contributed by atoms with Crippen LogP contribution in [0, 0.1) is 0 Å². The molecule has 0 radical (unpaired) electrons. The Morgan fingerprint density at radius 3 is 2.64 bits per heavy atom. The molecule has 0 saturated heterocycles. The number of hydrogen-bond donors (Lipinski definition) is 0. The van der Waals surface area contributed by atoms with Crippen LogP contribution in [0.15, 0.2) is 40.9 Å². The fourth-order valence-corrected chi connectivity index (χ4v) is 2.94. The molecule has 1 amide bonds. The van der Waals surface area contributed by atoms with Gasteiger partial charge in [-0.1, -0.05) is 35.3 Å². The molecule has 22 heavy (non-hydrogen) atoms. The quantitative estimate of drug-likeness (QED) is 0.717. The summed E-state index contributed by atoms with van der Waals surface area (Å²) in [4.78, 5) is 14.1. The van der Waals surface area contributed by atoms with Gasteiger partial charge in [-0.05, 0) is 45.8 Å². The molecule has 6 heteroatoms. The van der Waals surface area contributed by atoms with Gasteiger partial charge in [-0.3, -0.25) is 4.79 Å². The first kappa shape index (κ1) is 17.1. The van der Waals surface area contributed by atoms with Gasteiger partial charge in [0.2, 0.25) is 0 Å². The van der Waals surface area contributed by atoms with Crippen LogP contribution in [0.1, 0.15) is 15.9 Å². The van der Waals surface area contributed by atoms with E-state index < -0.39 is 0 Å². The molecule has 0 bridgehead atoms. The molecule has 0 saturated carbocycles. The summed E-state index contributed by atoms with van der Waals surface area (Å²) in [5, 5.41) is 0.951. The average molecular weight is 403 g/mol. The van der Waals surface area contributed by atoms with Crippen LogP contribution in [-0.4, -0.2) is 25.0 Å². The molecule has 116 valence electrons. The van der Waals surface area contributed by atoms with E-state index in [1.165, 1.54) is 0 Å². The molecular weight excluding hydrogens is 389 g/mol. The van der Waals surface area contributed by atoms with Gasteiger partial charge in [-0.25, -0.2) is 0 Å². The molecule has 0 aliphatic heterocycles. The summed E-state index contributed by atoms with van der Waals surface area (Å²) in [5.41, 5.74) is 1.37. The zero-order chi connectivity index (χ0) is 16.3. The van der Waals surface area contributed by atoms with Crippen LogP contribution in [-0.2, 0) is 6.54 Å². The summed E-state index contributed by atoms with van der Waals surface area (Å²) in [6.45, 7) is 0.377. The molecule has 0 unspecified atom stereocenters. The summed E-state index contributed by atoms with van der Waals surface area (Å²) in [7, 11) is 3.30. The van der Waals surface area contributed by atoms with Crippen LogP contribution >= 0.6 is 39.1 Å². The van der Waals surface area contributed by atoms with Crippen LogP contribution in [0.25, 0.3) is 0 Å². The first-order valence-electron chi connectivity index (χ1n) is 6.46. The predicted octanol–water partition coefficient (Wildman–Crippen LogP) is 5.04. The molecule has 0 N–H and O–H groups in total. The average Bonchev–Trinajstić information content (AvgIpc) is 2.51. The first-order chi connectivity index (χ1) is 10.4. The number of carbonyl (C=O) groups is 1. The van der Waals surface area contributed by atoms with E-state index in [0.717, 1.165) is 10.0 Å². The SMILES string of the molecule is COc1ccc(C(=O)N(C)Cc2cccc(Cl)c2Cl)cc1Br. The highest BCUT2D eigenvalue weighted by molar-refractivity contribution is 9.10. The van der Waals surface area contributed by atoms with Crippen molar-refractivity contribution in [2.24, 2.45) is 0 Å². The Bertz CT molecular complexity index is 707. The van der Waals surface area contributed by atoms with E-state index in [-0.39, 0.29) is 5.91 Å². The maximum Gasteiger partial charge on any atom is 0.253 e. The highest BCUT2D eigenvalue weighted by Gasteiger charge is 2.15. The van der Waals surface area contributed by atoms with Crippen molar-refractivity contribution in [3.63, 3.8) is 0 Å². The van der Waals surface area contributed by atoms with Crippen molar-refractivity contribution in [3.05, 3.63) is 62.0 Å². The molecule has 0 aliphatic carbocycles. The molecule has 2 aromatic carbocycles. The Hall–Kier alpha value is -1.23. The minimum absolute atomic E-state index is 0.112. The smallest absolute Gasteiger partial charge is 0.253 e. The minimum Gasteiger partial charge on any atom is -0.496 e. The van der Waals surface area contributed by atoms with E-state index in [1.54, 1.807) is 43.3 Å². The third kappa shape index (κ3) is 3.75. The normalized spacial score (nSPS) is 10.4. The zero-order valence-electron chi connectivity index (χ0n) is 12.1. The minimum atomic E-state index is -0.112. The van der Waals surface area contributed by atoms with E-state index >= 15 is 0 Å². The largest absolute Gasteiger partial charge is 0.496 e. The lowest BCUT2D eigenvalue weighted by atomic mass is 10.1. The van der Waals surface area contributed by atoms with Gasteiger partial charge < -0.3 is 9.64 Å². The number of methoxy groups -OCH3 is 1. The maximum atomic E-state index is 12.5. The molecule has 0 spiro atoms. The molecule has 0 heterocycles. The number of rotatable bonds is 4. The fourth-order valence-electron chi connectivity index (χ4n) is 2.02. The molecule has 0 aromatic heterocycles. The predicted molar refractivity (Wildman–Crippen MR) is 93.0 cm³/mol. The van der Waals surface area contributed by atoms with Gasteiger partial charge in [0, 0.05) is 19.2 Å². The summed E-state index contributed by atoms with van der Waals surface area (Å²) in [6.07, 6.45) is 0. The zero-order valence-corrected chi connectivity index (χ0v) is 15.2. The molecule has 0 fully saturated rings. The second-order valence-corrected chi connectivity index (χ2v) is 6.36. The van der Waals surface area contributed by atoms with Gasteiger partial charge in [0.1, 0.15) is 5.75 Å². The van der Waals surface area contributed by atoms with Crippen molar-refractivity contribution in [1.82, 2.24) is 4.90 Å². The Labute approximate surface area is 147 Å². The highest BCUT2D eigenvalue weighted by atomic mass is 79.9. The number of halogens is 3. The van der Waals surface area contributed by atoms with Crippen LogP contribution in [0.5, 0.6) is 5.75 Å². The summed E-state index contributed by atoms with van der Waals surface area (Å²) >= 11 is 15.5. The molecule has 2 aromatic rings. The number of amides is 1. The standard InChI is InChI=1S/C16H14BrCl2NO2/c1-20(9-11-4-3-5-13(18)15(11)19)16(21)10-6-7-14(22-2)12(17)8-10/h3-8H,9H2,1-2H3. The van der Waals surface area contributed by atoms with Gasteiger partial charge in [0.05, 0.1) is 21.6 Å². The van der Waals surface area contributed by atoms with Crippen molar-refractivity contribution >= 4 is 45.0 Å². The van der Waals surface area contributed by atoms with Crippen molar-refractivity contribution in [1.29, 1.82) is 0 Å². The van der Waals surface area contributed by atoms with Gasteiger partial charge >= 0.3 is 0 Å². The summed E-state index contributed by atoms with van der Waals surface area (Å²) in [5.74, 6) is 0.566. The van der Waals surface area contributed by atoms with Crippen LogP contribution in [0.2, 0.25) is 10.0 Å². The number of nitrogens with zero attached hydrogens (tertiary/aromatic N) is 1. The van der Waals surface area contributed by atoms with Crippen molar-refractivity contribution in [3.8, 4) is 5.75 Å². The van der Waals surface area contributed by atoms with Gasteiger partial charge in [0.25, 0.3) is 5.91 Å². The lowest BCUT2D eigenvalue weighted by molar-refractivity contribution is 0.0785. The second kappa shape index (κ2) is 7.36. The molecular formula is C16H14BrCl2NO2. The van der Waals surface area contributed by atoms with Crippen LogP contribution < -0.4 is 4.74 Å². The van der Waals surface area contributed by atoms with E-state index in [1.807, 2.05) is 12.1 Å². The van der Waals surface area contributed by atoms with Gasteiger partial charge in [-0.15, -0.1) is 0 Å². The number of carbonyl (C=O) groups excluding carboxylic acids is 1. The van der Waals surface area contributed by atoms with Crippen molar-refractivity contribution in [2.75, 3.05) is 14.2 Å².